The summed E-state index contributed by atoms with van der Waals surface area (Å²) in [7, 11) is 4.82. The van der Waals surface area contributed by atoms with Crippen LogP contribution in [0.15, 0.2) is 0 Å². The molecule has 0 N–H and O–H groups in total. The fourth-order valence-corrected chi connectivity index (χ4v) is 5.89. The molecule has 3 fully saturated rings. The topological polar surface area (TPSA) is 6.48 Å². The number of rotatable bonds is 6. The molecule has 0 aromatic carbocycles. The molecule has 2 unspecified atom stereocenters. The summed E-state index contributed by atoms with van der Waals surface area (Å²) in [6.07, 6.45) is 20.6. The SMILES string of the molecule is CN(CC1CCCC(CN(C)C2CCCCC2)C1)C1CCCCC1. The van der Waals surface area contributed by atoms with Crippen molar-refractivity contribution in [1.29, 1.82) is 0 Å². The normalized spacial score (nSPS) is 31.0. The lowest BCUT2D eigenvalue weighted by Gasteiger charge is -2.39. The Bertz CT molecular complexity index is 312. The molecule has 24 heavy (non-hydrogen) atoms. The Balaban J connectivity index is 1.41. The molecule has 2 nitrogen and oxygen atoms in total. The lowest BCUT2D eigenvalue weighted by atomic mass is 9.80. The number of nitrogens with zero attached hydrogens (tertiary/aromatic N) is 2. The molecular formula is C22H42N2. The molecule has 2 heteroatoms. The van der Waals surface area contributed by atoms with Crippen molar-refractivity contribution >= 4 is 0 Å². The van der Waals surface area contributed by atoms with Crippen LogP contribution in [0.5, 0.6) is 0 Å². The first kappa shape index (κ1) is 18.7. The lowest BCUT2D eigenvalue weighted by molar-refractivity contribution is 0.108. The highest BCUT2D eigenvalue weighted by Gasteiger charge is 2.28. The summed E-state index contributed by atoms with van der Waals surface area (Å²) < 4.78 is 0. The largest absolute Gasteiger partial charge is 0.303 e. The molecule has 0 spiro atoms. The monoisotopic (exact) mass is 334 g/mol. The molecule has 0 aliphatic heterocycles. The van der Waals surface area contributed by atoms with Crippen LogP contribution in [0.4, 0.5) is 0 Å². The molecule has 3 aliphatic rings. The van der Waals surface area contributed by atoms with Crippen LogP contribution < -0.4 is 0 Å². The van der Waals surface area contributed by atoms with Crippen molar-refractivity contribution in [3.05, 3.63) is 0 Å². The maximum Gasteiger partial charge on any atom is 0.00923 e. The summed E-state index contributed by atoms with van der Waals surface area (Å²) in [4.78, 5) is 5.47. The van der Waals surface area contributed by atoms with Crippen LogP contribution in [0, 0.1) is 11.8 Å². The summed E-state index contributed by atoms with van der Waals surface area (Å²) in [5.74, 6) is 1.94. The highest BCUT2D eigenvalue weighted by Crippen LogP contribution is 2.32. The second kappa shape index (κ2) is 9.57. The molecule has 2 atom stereocenters. The average molecular weight is 335 g/mol. The molecule has 140 valence electrons. The van der Waals surface area contributed by atoms with Gasteiger partial charge in [-0.25, -0.2) is 0 Å². The van der Waals surface area contributed by atoms with E-state index in [0.29, 0.717) is 0 Å². The van der Waals surface area contributed by atoms with Crippen molar-refractivity contribution in [2.75, 3.05) is 27.2 Å². The molecule has 0 bridgehead atoms. The summed E-state index contributed by atoms with van der Waals surface area (Å²) in [6.45, 7) is 2.74. The predicted molar refractivity (Wildman–Crippen MR) is 104 cm³/mol. The van der Waals surface area contributed by atoms with Crippen LogP contribution in [0.25, 0.3) is 0 Å². The van der Waals surface area contributed by atoms with E-state index in [0.717, 1.165) is 23.9 Å². The van der Waals surface area contributed by atoms with E-state index in [1.54, 1.807) is 0 Å². The van der Waals surface area contributed by atoms with E-state index >= 15 is 0 Å². The molecule has 3 aliphatic carbocycles. The van der Waals surface area contributed by atoms with Crippen molar-refractivity contribution < 1.29 is 0 Å². The molecule has 0 amide bonds. The van der Waals surface area contributed by atoms with Gasteiger partial charge in [0.25, 0.3) is 0 Å². The van der Waals surface area contributed by atoms with Crippen LogP contribution in [0.3, 0.4) is 0 Å². The Kier molecular flexibility index (Phi) is 7.46. The van der Waals surface area contributed by atoms with Crippen LogP contribution in [-0.2, 0) is 0 Å². The van der Waals surface area contributed by atoms with Gasteiger partial charge < -0.3 is 9.80 Å². The van der Waals surface area contributed by atoms with Gasteiger partial charge in [-0.2, -0.15) is 0 Å². The van der Waals surface area contributed by atoms with Crippen molar-refractivity contribution in [3.63, 3.8) is 0 Å². The van der Waals surface area contributed by atoms with Gasteiger partial charge in [0.1, 0.15) is 0 Å². The maximum absolute atomic E-state index is 2.73. The third-order valence-corrected chi connectivity index (χ3v) is 7.38. The molecule has 3 rings (SSSR count). The van der Waals surface area contributed by atoms with Gasteiger partial charge in [-0.05, 0) is 70.9 Å². The molecular weight excluding hydrogens is 292 g/mol. The van der Waals surface area contributed by atoms with Gasteiger partial charge in [0.05, 0.1) is 0 Å². The van der Waals surface area contributed by atoms with Crippen molar-refractivity contribution in [2.24, 2.45) is 11.8 Å². The van der Waals surface area contributed by atoms with E-state index < -0.39 is 0 Å². The second-order valence-electron chi connectivity index (χ2n) is 9.36. The zero-order valence-electron chi connectivity index (χ0n) is 16.5. The Hall–Kier alpha value is -0.0800. The molecule has 0 aromatic rings. The first-order valence-electron chi connectivity index (χ1n) is 11.1. The first-order chi connectivity index (χ1) is 11.7. The molecule has 0 heterocycles. The van der Waals surface area contributed by atoms with E-state index in [1.807, 2.05) is 0 Å². The van der Waals surface area contributed by atoms with Gasteiger partial charge in [-0.15, -0.1) is 0 Å². The lowest BCUT2D eigenvalue weighted by Crippen LogP contribution is -2.41. The van der Waals surface area contributed by atoms with Crippen molar-refractivity contribution in [1.82, 2.24) is 9.80 Å². The van der Waals surface area contributed by atoms with E-state index in [4.69, 9.17) is 0 Å². The van der Waals surface area contributed by atoms with Gasteiger partial charge >= 0.3 is 0 Å². The number of hydrogen-bond donors (Lipinski definition) is 0. The highest BCUT2D eigenvalue weighted by molar-refractivity contribution is 4.82. The van der Waals surface area contributed by atoms with Gasteiger partial charge in [0, 0.05) is 25.2 Å². The minimum atomic E-state index is 0.893. The quantitative estimate of drug-likeness (QED) is 0.648. The summed E-state index contributed by atoms with van der Waals surface area (Å²) in [5.41, 5.74) is 0. The Morgan fingerprint density at radius 3 is 1.38 bits per heavy atom. The standard InChI is InChI=1S/C22H42N2/c1-23(21-12-5-3-6-13-21)17-19-10-9-11-20(16-19)18-24(2)22-14-7-4-8-15-22/h19-22H,3-18H2,1-2H3. The third kappa shape index (κ3) is 5.46. The molecule has 0 radical (unpaired) electrons. The highest BCUT2D eigenvalue weighted by atomic mass is 15.1. The number of hydrogen-bond acceptors (Lipinski definition) is 2. The fraction of sp³-hybridized carbons (Fsp3) is 1.00. The van der Waals surface area contributed by atoms with Crippen LogP contribution in [0.2, 0.25) is 0 Å². The maximum atomic E-state index is 2.73. The van der Waals surface area contributed by atoms with Gasteiger partial charge in [0.2, 0.25) is 0 Å². The van der Waals surface area contributed by atoms with Crippen molar-refractivity contribution in [3.8, 4) is 0 Å². The van der Waals surface area contributed by atoms with Crippen LogP contribution >= 0.6 is 0 Å². The van der Waals surface area contributed by atoms with E-state index in [1.165, 1.54) is 103 Å². The first-order valence-corrected chi connectivity index (χ1v) is 11.1. The summed E-state index contributed by atoms with van der Waals surface area (Å²) >= 11 is 0. The summed E-state index contributed by atoms with van der Waals surface area (Å²) in [6, 6.07) is 1.79. The Labute approximate surface area is 151 Å². The van der Waals surface area contributed by atoms with E-state index in [-0.39, 0.29) is 0 Å². The molecule has 0 saturated heterocycles. The van der Waals surface area contributed by atoms with Crippen LogP contribution in [-0.4, -0.2) is 49.1 Å². The Morgan fingerprint density at radius 2 is 0.958 bits per heavy atom. The Morgan fingerprint density at radius 1 is 0.542 bits per heavy atom. The summed E-state index contributed by atoms with van der Waals surface area (Å²) in [5, 5.41) is 0. The van der Waals surface area contributed by atoms with E-state index in [9.17, 15) is 0 Å². The van der Waals surface area contributed by atoms with Gasteiger partial charge in [-0.1, -0.05) is 44.9 Å². The van der Waals surface area contributed by atoms with Gasteiger partial charge in [0.15, 0.2) is 0 Å². The fourth-order valence-electron chi connectivity index (χ4n) is 5.89. The third-order valence-electron chi connectivity index (χ3n) is 7.38. The smallest absolute Gasteiger partial charge is 0.00923 e. The molecule has 3 saturated carbocycles. The molecule has 0 aromatic heterocycles. The minimum Gasteiger partial charge on any atom is -0.303 e. The zero-order chi connectivity index (χ0) is 16.8. The van der Waals surface area contributed by atoms with Gasteiger partial charge in [-0.3, -0.25) is 0 Å². The van der Waals surface area contributed by atoms with Crippen molar-refractivity contribution in [2.45, 2.75) is 102 Å². The zero-order valence-corrected chi connectivity index (χ0v) is 16.5. The minimum absolute atomic E-state index is 0.893. The predicted octanol–water partition coefficient (Wildman–Crippen LogP) is 5.32. The second-order valence-corrected chi connectivity index (χ2v) is 9.36. The average Bonchev–Trinajstić information content (AvgIpc) is 2.63. The van der Waals surface area contributed by atoms with E-state index in [2.05, 4.69) is 23.9 Å². The van der Waals surface area contributed by atoms with Crippen LogP contribution in [0.1, 0.15) is 89.9 Å².